The van der Waals surface area contributed by atoms with E-state index in [4.69, 9.17) is 17.0 Å². The maximum absolute atomic E-state index is 9.29. The van der Waals surface area contributed by atoms with Crippen molar-refractivity contribution in [1.82, 2.24) is 4.98 Å². The summed E-state index contributed by atoms with van der Waals surface area (Å²) in [6.07, 6.45) is 0. The van der Waals surface area contributed by atoms with Gasteiger partial charge in [-0.25, -0.2) is 0 Å². The number of methoxy groups -OCH3 is 1. The predicted octanol–water partition coefficient (Wildman–Crippen LogP) is 3.45. The van der Waals surface area contributed by atoms with Crippen molar-refractivity contribution in [3.8, 4) is 29.0 Å². The van der Waals surface area contributed by atoms with Crippen molar-refractivity contribution in [2.75, 3.05) is 7.11 Å². The molecular weight excluding hydrogens is 290 g/mol. The summed E-state index contributed by atoms with van der Waals surface area (Å²) < 4.78 is 5.36. The Morgan fingerprint density at radius 2 is 1.75 bits per heavy atom. The van der Waals surface area contributed by atoms with Crippen LogP contribution in [0.4, 0.5) is 0 Å². The van der Waals surface area contributed by atoms with Gasteiger partial charge in [-0.1, -0.05) is 24.4 Å². The van der Waals surface area contributed by atoms with E-state index >= 15 is 0 Å². The van der Waals surface area contributed by atoms with Crippen LogP contribution in [0.5, 0.6) is 5.75 Å². The summed E-state index contributed by atoms with van der Waals surface area (Å²) in [6, 6.07) is 11.2. The van der Waals surface area contributed by atoms with Gasteiger partial charge in [-0.05, 0) is 17.7 Å². The molecule has 0 unspecified atom stereocenters. The van der Waals surface area contributed by atoms with Gasteiger partial charge >= 0.3 is 0 Å². The van der Waals surface area contributed by atoms with Gasteiger partial charge < -0.3 is 9.72 Å². The minimum atomic E-state index is 0.263. The molecule has 0 saturated carbocycles. The molecule has 1 aromatic carbocycles. The molecule has 0 bridgehead atoms. The molecule has 0 aliphatic heterocycles. The number of aromatic nitrogens is 1. The Bertz CT molecular complexity index is 795. The summed E-state index contributed by atoms with van der Waals surface area (Å²) >= 11 is 9.33. The van der Waals surface area contributed by atoms with E-state index in [9.17, 15) is 10.5 Å². The van der Waals surface area contributed by atoms with Crippen LogP contribution in [-0.2, 0) is 0 Å². The molecule has 20 heavy (non-hydrogen) atoms. The smallest absolute Gasteiger partial charge is 0.122 e. The van der Waals surface area contributed by atoms with Crippen molar-refractivity contribution in [3.05, 3.63) is 40.0 Å². The summed E-state index contributed by atoms with van der Waals surface area (Å²) in [5.74, 6) is 0.693. The number of benzene rings is 1. The molecule has 0 aliphatic carbocycles. The number of nitrogens with zero attached hydrogens (tertiary/aromatic N) is 2. The highest BCUT2D eigenvalue weighted by molar-refractivity contribution is 7.80. The molecule has 0 amide bonds. The summed E-state index contributed by atoms with van der Waals surface area (Å²) in [4.78, 5) is 2.75. The zero-order valence-corrected chi connectivity index (χ0v) is 12.2. The van der Waals surface area contributed by atoms with Gasteiger partial charge in [0.05, 0.1) is 23.3 Å². The molecule has 1 aromatic heterocycles. The van der Waals surface area contributed by atoms with Crippen molar-refractivity contribution in [3.63, 3.8) is 0 Å². The minimum absolute atomic E-state index is 0.263. The number of rotatable bonds is 2. The zero-order chi connectivity index (χ0) is 14.7. The van der Waals surface area contributed by atoms with Gasteiger partial charge in [-0.2, -0.15) is 10.5 Å². The Hall–Kier alpha value is -2.28. The van der Waals surface area contributed by atoms with Crippen LogP contribution in [0.2, 0.25) is 0 Å². The van der Waals surface area contributed by atoms with Crippen molar-refractivity contribution in [1.29, 1.82) is 10.5 Å². The fraction of sp³-hybridized carbons (Fsp3) is 0.0714. The summed E-state index contributed by atoms with van der Waals surface area (Å²) in [5, 5.41) is 18.9. The second kappa shape index (κ2) is 5.79. The average Bonchev–Trinajstić information content (AvgIpc) is 2.46. The van der Waals surface area contributed by atoms with E-state index in [0.717, 1.165) is 0 Å². The van der Waals surface area contributed by atoms with E-state index in [0.29, 0.717) is 27.5 Å². The van der Waals surface area contributed by atoms with Gasteiger partial charge in [-0.3, -0.25) is 0 Å². The number of pyridine rings is 1. The Labute approximate surface area is 126 Å². The normalized spacial score (nSPS) is 9.60. The van der Waals surface area contributed by atoms with Crippen molar-refractivity contribution < 1.29 is 4.74 Å². The first-order valence-electron chi connectivity index (χ1n) is 5.56. The maximum Gasteiger partial charge on any atom is 0.122 e. The highest BCUT2D eigenvalue weighted by Gasteiger charge is 2.16. The molecule has 2 aromatic rings. The monoisotopic (exact) mass is 299 g/mol. The molecular formula is C14H9N3OS2. The van der Waals surface area contributed by atoms with Crippen LogP contribution in [0.3, 0.4) is 0 Å². The standard InChI is InChI=1S/C14H9N3OS2/c1-18-9-4-2-8(3-5-9)12-10(6-15)13(19)17-14(20)11(12)7-16/h2-5H,1H3,(H2,17,19,20). The third-order valence-corrected chi connectivity index (χ3v) is 3.44. The van der Waals surface area contributed by atoms with Crippen LogP contribution in [0.15, 0.2) is 29.3 Å². The number of nitrogens with one attached hydrogen (secondary N) is 1. The highest BCUT2D eigenvalue weighted by Crippen LogP contribution is 2.31. The van der Waals surface area contributed by atoms with Crippen LogP contribution in [-0.4, -0.2) is 12.1 Å². The molecule has 0 atom stereocenters. The lowest BCUT2D eigenvalue weighted by Crippen LogP contribution is -1.96. The Morgan fingerprint density at radius 1 is 1.15 bits per heavy atom. The first kappa shape index (κ1) is 14.1. The molecule has 0 fully saturated rings. The zero-order valence-electron chi connectivity index (χ0n) is 10.5. The van der Waals surface area contributed by atoms with Gasteiger partial charge in [0.2, 0.25) is 0 Å². The lowest BCUT2D eigenvalue weighted by molar-refractivity contribution is 0.415. The van der Waals surface area contributed by atoms with Crippen LogP contribution < -0.4 is 4.74 Å². The number of thiol groups is 1. The molecule has 98 valence electrons. The van der Waals surface area contributed by atoms with Crippen LogP contribution in [0.25, 0.3) is 11.1 Å². The first-order valence-corrected chi connectivity index (χ1v) is 6.41. The topological polar surface area (TPSA) is 72.6 Å². The van der Waals surface area contributed by atoms with Crippen LogP contribution in [0, 0.1) is 27.3 Å². The number of hydrogen-bond donors (Lipinski definition) is 2. The maximum atomic E-state index is 9.29. The second-order valence-electron chi connectivity index (χ2n) is 3.88. The fourth-order valence-corrected chi connectivity index (χ4v) is 2.45. The van der Waals surface area contributed by atoms with Crippen LogP contribution in [0.1, 0.15) is 11.1 Å². The molecule has 0 aliphatic rings. The number of aromatic amines is 1. The molecule has 2 rings (SSSR count). The Balaban J connectivity index is 2.81. The molecule has 6 heteroatoms. The summed E-state index contributed by atoms with van der Waals surface area (Å²) in [6.45, 7) is 0. The summed E-state index contributed by atoms with van der Waals surface area (Å²) in [5.41, 5.74) is 1.77. The highest BCUT2D eigenvalue weighted by atomic mass is 32.1. The third kappa shape index (κ3) is 2.39. The molecule has 0 saturated heterocycles. The number of H-pyrrole nitrogens is 1. The quantitative estimate of drug-likeness (QED) is 0.658. The molecule has 0 spiro atoms. The van der Waals surface area contributed by atoms with Crippen molar-refractivity contribution >= 4 is 24.8 Å². The molecule has 1 N–H and O–H groups in total. The van der Waals surface area contributed by atoms with Gasteiger partial charge in [0.15, 0.2) is 0 Å². The van der Waals surface area contributed by atoms with E-state index in [1.807, 2.05) is 6.07 Å². The van der Waals surface area contributed by atoms with E-state index in [1.54, 1.807) is 31.4 Å². The minimum Gasteiger partial charge on any atom is -0.497 e. The second-order valence-corrected chi connectivity index (χ2v) is 4.74. The SMILES string of the molecule is COc1ccc(-c2c(C#N)c(S)[nH]c(=S)c2C#N)cc1. The number of nitriles is 2. The number of hydrogen-bond acceptors (Lipinski definition) is 5. The summed E-state index contributed by atoms with van der Waals surface area (Å²) in [7, 11) is 1.57. The fourth-order valence-electron chi connectivity index (χ4n) is 1.85. The lowest BCUT2D eigenvalue weighted by atomic mass is 9.97. The number of ether oxygens (including phenoxy) is 1. The lowest BCUT2D eigenvalue weighted by Gasteiger charge is -2.10. The van der Waals surface area contributed by atoms with E-state index < -0.39 is 0 Å². The van der Waals surface area contributed by atoms with Gasteiger partial charge in [0.25, 0.3) is 0 Å². The molecule has 0 radical (unpaired) electrons. The largest absolute Gasteiger partial charge is 0.497 e. The molecule has 4 nitrogen and oxygen atoms in total. The van der Waals surface area contributed by atoms with Crippen molar-refractivity contribution in [2.24, 2.45) is 0 Å². The van der Waals surface area contributed by atoms with Crippen molar-refractivity contribution in [2.45, 2.75) is 5.03 Å². The third-order valence-electron chi connectivity index (χ3n) is 2.80. The molecule has 1 heterocycles. The van der Waals surface area contributed by atoms with Crippen LogP contribution >= 0.6 is 24.8 Å². The van der Waals surface area contributed by atoms with E-state index in [2.05, 4.69) is 23.7 Å². The Kier molecular flexibility index (Phi) is 4.09. The van der Waals surface area contributed by atoms with E-state index in [1.165, 1.54) is 0 Å². The Morgan fingerprint density at radius 3 is 2.25 bits per heavy atom. The first-order chi connectivity index (χ1) is 9.62. The van der Waals surface area contributed by atoms with Gasteiger partial charge in [0.1, 0.15) is 22.5 Å². The average molecular weight is 299 g/mol. The van der Waals surface area contributed by atoms with Gasteiger partial charge in [0, 0.05) is 5.56 Å². The van der Waals surface area contributed by atoms with Gasteiger partial charge in [-0.15, -0.1) is 12.6 Å². The predicted molar refractivity (Wildman–Crippen MR) is 80.3 cm³/mol. The van der Waals surface area contributed by atoms with E-state index in [-0.39, 0.29) is 10.2 Å².